The number of carbonyl (C=O) groups excluding carboxylic acids is 2. The maximum atomic E-state index is 11.9. The van der Waals surface area contributed by atoms with Gasteiger partial charge in [0.2, 0.25) is 5.91 Å². The molecular formula is C15H21ClN2O4. The van der Waals surface area contributed by atoms with Crippen molar-refractivity contribution in [3.8, 4) is 5.75 Å². The van der Waals surface area contributed by atoms with E-state index < -0.39 is 6.09 Å². The Bertz CT molecular complexity index is 549. The smallest absolute Gasteiger partial charge is 0.407 e. The summed E-state index contributed by atoms with van der Waals surface area (Å²) in [5, 5.41) is 3.14. The molecule has 0 aromatic heterocycles. The number of ether oxygens (including phenoxy) is 2. The van der Waals surface area contributed by atoms with E-state index in [1.54, 1.807) is 19.1 Å². The third kappa shape index (κ3) is 4.80. The molecule has 2 amide bonds. The van der Waals surface area contributed by atoms with Crippen LogP contribution in [0.25, 0.3) is 0 Å². The lowest BCUT2D eigenvalue weighted by atomic mass is 10.2. The topological polar surface area (TPSA) is 67.9 Å². The summed E-state index contributed by atoms with van der Waals surface area (Å²) in [7, 11) is 1.51. The first-order chi connectivity index (χ1) is 10.4. The van der Waals surface area contributed by atoms with Crippen LogP contribution in [0.3, 0.4) is 0 Å². The molecule has 1 N–H and O–H groups in total. The van der Waals surface area contributed by atoms with E-state index in [0.29, 0.717) is 29.6 Å². The summed E-state index contributed by atoms with van der Waals surface area (Å²) in [6.07, 6.45) is -0.509. The molecule has 1 aromatic carbocycles. The molecular weight excluding hydrogens is 308 g/mol. The second-order valence-corrected chi connectivity index (χ2v) is 5.00. The Hall–Kier alpha value is -1.95. The van der Waals surface area contributed by atoms with Gasteiger partial charge in [0.1, 0.15) is 5.75 Å². The molecule has 1 aromatic rings. The van der Waals surface area contributed by atoms with E-state index in [1.165, 1.54) is 18.9 Å². The van der Waals surface area contributed by atoms with Crippen molar-refractivity contribution in [2.45, 2.75) is 20.8 Å². The first-order valence-electron chi connectivity index (χ1n) is 6.93. The van der Waals surface area contributed by atoms with Crippen LogP contribution in [0.1, 0.15) is 19.4 Å². The summed E-state index contributed by atoms with van der Waals surface area (Å²) in [6, 6.07) is 3.45. The van der Waals surface area contributed by atoms with E-state index in [9.17, 15) is 9.59 Å². The van der Waals surface area contributed by atoms with Gasteiger partial charge in [0.15, 0.2) is 0 Å². The number of hydrogen-bond acceptors (Lipinski definition) is 4. The maximum Gasteiger partial charge on any atom is 0.407 e. The van der Waals surface area contributed by atoms with Gasteiger partial charge in [-0.3, -0.25) is 4.79 Å². The Balaban J connectivity index is 2.90. The molecule has 0 heterocycles. The van der Waals surface area contributed by atoms with Crippen molar-refractivity contribution in [3.05, 3.63) is 22.7 Å². The maximum absolute atomic E-state index is 11.9. The third-order valence-corrected chi connectivity index (χ3v) is 3.42. The number of benzene rings is 1. The highest BCUT2D eigenvalue weighted by Gasteiger charge is 2.18. The average molecular weight is 329 g/mol. The SMILES string of the molecule is CCOC(=O)NCCN(C(C)=O)c1cc(C)c(Cl)cc1OC. The van der Waals surface area contributed by atoms with Crippen LogP contribution in [0.15, 0.2) is 12.1 Å². The molecule has 0 saturated carbocycles. The van der Waals surface area contributed by atoms with Crippen LogP contribution >= 0.6 is 11.6 Å². The largest absolute Gasteiger partial charge is 0.495 e. The normalized spacial score (nSPS) is 10.0. The van der Waals surface area contributed by atoms with Crippen molar-refractivity contribution < 1.29 is 19.1 Å². The molecule has 22 heavy (non-hydrogen) atoms. The first-order valence-corrected chi connectivity index (χ1v) is 7.31. The van der Waals surface area contributed by atoms with Gasteiger partial charge >= 0.3 is 6.09 Å². The van der Waals surface area contributed by atoms with E-state index in [1.807, 2.05) is 6.92 Å². The summed E-state index contributed by atoms with van der Waals surface area (Å²) < 4.78 is 10.1. The van der Waals surface area contributed by atoms with E-state index in [2.05, 4.69) is 5.32 Å². The lowest BCUT2D eigenvalue weighted by Crippen LogP contribution is -2.38. The minimum atomic E-state index is -0.509. The summed E-state index contributed by atoms with van der Waals surface area (Å²) in [5.74, 6) is 0.340. The fraction of sp³-hybridized carbons (Fsp3) is 0.467. The predicted octanol–water partition coefficient (Wildman–Crippen LogP) is 2.76. The molecule has 0 aliphatic carbocycles. The van der Waals surface area contributed by atoms with E-state index >= 15 is 0 Å². The van der Waals surface area contributed by atoms with E-state index in [0.717, 1.165) is 5.56 Å². The lowest BCUT2D eigenvalue weighted by Gasteiger charge is -2.24. The molecule has 0 aliphatic heterocycles. The molecule has 0 saturated heterocycles. The molecule has 7 heteroatoms. The highest BCUT2D eigenvalue weighted by molar-refractivity contribution is 6.31. The van der Waals surface area contributed by atoms with Gasteiger partial charge in [-0.15, -0.1) is 0 Å². The van der Waals surface area contributed by atoms with Crippen LogP contribution in [-0.4, -0.2) is 38.8 Å². The van der Waals surface area contributed by atoms with Gasteiger partial charge in [-0.05, 0) is 25.5 Å². The van der Waals surface area contributed by atoms with Gasteiger partial charge in [-0.25, -0.2) is 4.79 Å². The van der Waals surface area contributed by atoms with Crippen molar-refractivity contribution in [2.75, 3.05) is 31.7 Å². The molecule has 0 radical (unpaired) electrons. The molecule has 0 atom stereocenters. The third-order valence-electron chi connectivity index (χ3n) is 3.01. The zero-order valence-corrected chi connectivity index (χ0v) is 14.0. The fourth-order valence-electron chi connectivity index (χ4n) is 1.92. The van der Waals surface area contributed by atoms with Gasteiger partial charge in [0, 0.05) is 31.1 Å². The van der Waals surface area contributed by atoms with Gasteiger partial charge in [-0.2, -0.15) is 0 Å². The number of nitrogens with one attached hydrogen (secondary N) is 1. The average Bonchev–Trinajstić information content (AvgIpc) is 2.46. The van der Waals surface area contributed by atoms with Crippen molar-refractivity contribution in [2.24, 2.45) is 0 Å². The number of methoxy groups -OCH3 is 1. The van der Waals surface area contributed by atoms with Crippen LogP contribution in [0, 0.1) is 6.92 Å². The molecule has 6 nitrogen and oxygen atoms in total. The molecule has 1 rings (SSSR count). The Morgan fingerprint density at radius 2 is 2.05 bits per heavy atom. The molecule has 0 fully saturated rings. The van der Waals surface area contributed by atoms with Gasteiger partial charge in [0.05, 0.1) is 19.4 Å². The van der Waals surface area contributed by atoms with Crippen LogP contribution < -0.4 is 15.0 Å². The number of anilines is 1. The van der Waals surface area contributed by atoms with Crippen molar-refractivity contribution in [3.63, 3.8) is 0 Å². The minimum absolute atomic E-state index is 0.161. The quantitative estimate of drug-likeness (QED) is 0.872. The van der Waals surface area contributed by atoms with Gasteiger partial charge < -0.3 is 19.7 Å². The number of rotatable bonds is 6. The molecule has 0 aliphatic rings. The van der Waals surface area contributed by atoms with Crippen LogP contribution in [-0.2, 0) is 9.53 Å². The standard InChI is InChI=1S/C15H21ClN2O4/c1-5-22-15(20)17-6-7-18(11(3)19)13-8-10(2)12(16)9-14(13)21-4/h8-9H,5-7H2,1-4H3,(H,17,20). The minimum Gasteiger partial charge on any atom is -0.495 e. The molecule has 0 spiro atoms. The monoisotopic (exact) mass is 328 g/mol. The number of halogens is 1. The summed E-state index contributed by atoms with van der Waals surface area (Å²) in [5.41, 5.74) is 1.45. The Morgan fingerprint density at radius 3 is 2.59 bits per heavy atom. The van der Waals surface area contributed by atoms with Crippen LogP contribution in [0.2, 0.25) is 5.02 Å². The van der Waals surface area contributed by atoms with E-state index in [4.69, 9.17) is 21.1 Å². The Morgan fingerprint density at radius 1 is 1.36 bits per heavy atom. The number of nitrogens with zero attached hydrogens (tertiary/aromatic N) is 1. The first kappa shape index (κ1) is 18.1. The summed E-state index contributed by atoms with van der Waals surface area (Å²) >= 11 is 6.07. The lowest BCUT2D eigenvalue weighted by molar-refractivity contribution is -0.116. The predicted molar refractivity (Wildman–Crippen MR) is 85.8 cm³/mol. The molecule has 0 unspecified atom stereocenters. The van der Waals surface area contributed by atoms with Gasteiger partial charge in [0.25, 0.3) is 0 Å². The second kappa shape index (κ2) is 8.48. The molecule has 0 bridgehead atoms. The fourth-order valence-corrected chi connectivity index (χ4v) is 2.08. The van der Waals surface area contributed by atoms with E-state index in [-0.39, 0.29) is 12.5 Å². The summed E-state index contributed by atoms with van der Waals surface area (Å²) in [6.45, 7) is 5.89. The number of hydrogen-bond donors (Lipinski definition) is 1. The number of amides is 2. The van der Waals surface area contributed by atoms with Crippen molar-refractivity contribution in [1.29, 1.82) is 0 Å². The number of alkyl carbamates (subject to hydrolysis) is 1. The zero-order chi connectivity index (χ0) is 16.7. The highest BCUT2D eigenvalue weighted by atomic mass is 35.5. The molecule has 122 valence electrons. The second-order valence-electron chi connectivity index (χ2n) is 4.59. The van der Waals surface area contributed by atoms with Crippen LogP contribution in [0.4, 0.5) is 10.5 Å². The Kier molecular flexibility index (Phi) is 6.98. The van der Waals surface area contributed by atoms with Crippen molar-refractivity contribution >= 4 is 29.3 Å². The van der Waals surface area contributed by atoms with Gasteiger partial charge in [-0.1, -0.05) is 11.6 Å². The summed E-state index contributed by atoms with van der Waals surface area (Å²) in [4.78, 5) is 24.7. The van der Waals surface area contributed by atoms with Crippen LogP contribution in [0.5, 0.6) is 5.75 Å². The zero-order valence-electron chi connectivity index (χ0n) is 13.2. The van der Waals surface area contributed by atoms with Crippen molar-refractivity contribution in [1.82, 2.24) is 5.32 Å². The number of aryl methyl sites for hydroxylation is 1. The number of carbonyl (C=O) groups is 2. The highest BCUT2D eigenvalue weighted by Crippen LogP contribution is 2.33. The Labute approximate surface area is 135 Å².